The van der Waals surface area contributed by atoms with E-state index in [1.54, 1.807) is 24.3 Å². The van der Waals surface area contributed by atoms with Crippen LogP contribution < -0.4 is 32.7 Å². The Labute approximate surface area is 268 Å². The molecule has 4 atom stereocenters. The summed E-state index contributed by atoms with van der Waals surface area (Å²) in [7, 11) is 0. The van der Waals surface area contributed by atoms with Crippen LogP contribution >= 0.6 is 23.4 Å². The highest BCUT2D eigenvalue weighted by Gasteiger charge is 2.28. The summed E-state index contributed by atoms with van der Waals surface area (Å²) in [5, 5.41) is 11.0. The Bertz CT molecular complexity index is 1250. The Hall–Kier alpha value is -3.61. The minimum atomic E-state index is -1.04. The van der Waals surface area contributed by atoms with Crippen molar-refractivity contribution < 1.29 is 24.0 Å². The quantitative estimate of drug-likeness (QED) is 0.141. The van der Waals surface area contributed by atoms with Gasteiger partial charge in [0.15, 0.2) is 0 Å². The van der Waals surface area contributed by atoms with Gasteiger partial charge in [-0.2, -0.15) is 11.8 Å². The Morgan fingerprint density at radius 1 is 0.795 bits per heavy atom. The third kappa shape index (κ3) is 13.4. The van der Waals surface area contributed by atoms with Crippen LogP contribution in [-0.4, -0.2) is 72.3 Å². The minimum Gasteiger partial charge on any atom is -0.368 e. The van der Waals surface area contributed by atoms with Crippen molar-refractivity contribution in [2.45, 2.75) is 63.7 Å². The summed E-state index contributed by atoms with van der Waals surface area (Å²) in [5.74, 6) is -2.28. The van der Waals surface area contributed by atoms with E-state index >= 15 is 0 Å². The van der Waals surface area contributed by atoms with Crippen molar-refractivity contribution in [3.63, 3.8) is 0 Å². The molecule has 0 fully saturated rings. The zero-order valence-electron chi connectivity index (χ0n) is 25.3. The van der Waals surface area contributed by atoms with Crippen molar-refractivity contribution in [1.29, 1.82) is 0 Å². The second-order valence-electron chi connectivity index (χ2n) is 10.9. The topological polar surface area (TPSA) is 186 Å². The fourth-order valence-electron chi connectivity index (χ4n) is 4.34. The van der Waals surface area contributed by atoms with Gasteiger partial charge in [0.25, 0.3) is 0 Å². The van der Waals surface area contributed by atoms with E-state index in [2.05, 4.69) is 21.3 Å². The predicted octanol–water partition coefficient (Wildman–Crippen LogP) is 1.31. The number of thioether (sulfide) groups is 1. The Morgan fingerprint density at radius 3 is 2.00 bits per heavy atom. The molecule has 8 N–H and O–H groups in total. The van der Waals surface area contributed by atoms with Gasteiger partial charge in [-0.25, -0.2) is 0 Å². The fourth-order valence-corrected chi connectivity index (χ4v) is 4.93. The first-order chi connectivity index (χ1) is 20.9. The number of benzene rings is 2. The molecular formula is C31H43ClN6O5S. The van der Waals surface area contributed by atoms with E-state index in [-0.39, 0.29) is 18.8 Å². The van der Waals surface area contributed by atoms with E-state index in [1.165, 1.54) is 11.8 Å². The largest absolute Gasteiger partial charge is 0.368 e. The van der Waals surface area contributed by atoms with E-state index in [4.69, 9.17) is 23.1 Å². The van der Waals surface area contributed by atoms with Crippen LogP contribution in [0, 0.1) is 5.92 Å². The molecule has 44 heavy (non-hydrogen) atoms. The van der Waals surface area contributed by atoms with Gasteiger partial charge in [-0.05, 0) is 60.4 Å². The van der Waals surface area contributed by atoms with Gasteiger partial charge in [-0.15, -0.1) is 0 Å². The zero-order chi connectivity index (χ0) is 32.6. The van der Waals surface area contributed by atoms with E-state index in [1.807, 2.05) is 50.4 Å². The SMILES string of the molecule is CSCC[C@H](NC(=O)[C@H](CC(C)C)NC(=O)CNC(=O)[C@H](Cc1ccc(Cl)cc1)NC(=O)[C@@H](N)Cc1ccccc1)C(N)=O. The molecule has 0 aromatic heterocycles. The first-order valence-corrected chi connectivity index (χ1v) is 16.2. The smallest absolute Gasteiger partial charge is 0.243 e. The molecule has 0 spiro atoms. The number of rotatable bonds is 18. The Kier molecular flexibility index (Phi) is 15.7. The molecular weight excluding hydrogens is 604 g/mol. The molecule has 0 radical (unpaired) electrons. The molecule has 2 aromatic rings. The molecule has 0 saturated carbocycles. The normalized spacial score (nSPS) is 13.7. The van der Waals surface area contributed by atoms with Crippen LogP contribution in [0.15, 0.2) is 54.6 Å². The second kappa shape index (κ2) is 18.9. The molecule has 240 valence electrons. The predicted molar refractivity (Wildman–Crippen MR) is 174 cm³/mol. The average molecular weight is 647 g/mol. The van der Waals surface area contributed by atoms with Crippen molar-refractivity contribution in [2.24, 2.45) is 17.4 Å². The highest BCUT2D eigenvalue weighted by Crippen LogP contribution is 2.12. The standard InChI is InChI=1S/C31H43ClN6O5S/c1-19(2)15-25(31(43)37-24(28(34)40)13-14-44-3)36-27(39)18-35-30(42)26(17-21-9-11-22(32)12-10-21)38-29(41)23(33)16-20-7-5-4-6-8-20/h4-12,19,23-26H,13-18,33H2,1-3H3,(H2,34,40)(H,35,42)(H,36,39)(H,37,43)(H,38,41)/t23-,24-,25-,26-/m0/s1. The average Bonchev–Trinajstić information content (AvgIpc) is 2.98. The third-order valence-electron chi connectivity index (χ3n) is 6.67. The zero-order valence-corrected chi connectivity index (χ0v) is 26.9. The number of primary amides is 1. The van der Waals surface area contributed by atoms with Crippen molar-refractivity contribution in [1.82, 2.24) is 21.3 Å². The van der Waals surface area contributed by atoms with Crippen LogP contribution in [0.2, 0.25) is 5.02 Å². The molecule has 0 saturated heterocycles. The first-order valence-electron chi connectivity index (χ1n) is 14.4. The molecule has 5 amide bonds. The van der Waals surface area contributed by atoms with E-state index in [0.29, 0.717) is 23.6 Å². The van der Waals surface area contributed by atoms with Crippen LogP contribution in [0.3, 0.4) is 0 Å². The fraction of sp³-hybridized carbons (Fsp3) is 0.452. The number of amides is 5. The number of hydrogen-bond donors (Lipinski definition) is 6. The van der Waals surface area contributed by atoms with Gasteiger partial charge in [-0.3, -0.25) is 24.0 Å². The first kappa shape index (κ1) is 36.6. The third-order valence-corrected chi connectivity index (χ3v) is 7.57. The van der Waals surface area contributed by atoms with E-state index in [9.17, 15) is 24.0 Å². The summed E-state index contributed by atoms with van der Waals surface area (Å²) in [5.41, 5.74) is 13.2. The number of carbonyl (C=O) groups excluding carboxylic acids is 5. The summed E-state index contributed by atoms with van der Waals surface area (Å²) >= 11 is 7.51. The molecule has 0 heterocycles. The highest BCUT2D eigenvalue weighted by atomic mass is 35.5. The Morgan fingerprint density at radius 2 is 1.41 bits per heavy atom. The summed E-state index contributed by atoms with van der Waals surface area (Å²) in [6.07, 6.45) is 2.93. The molecule has 0 aliphatic carbocycles. The van der Waals surface area contributed by atoms with Crippen LogP contribution in [0.5, 0.6) is 0 Å². The van der Waals surface area contributed by atoms with Crippen molar-refractivity contribution in [3.8, 4) is 0 Å². The molecule has 2 aromatic carbocycles. The van der Waals surface area contributed by atoms with Crippen molar-refractivity contribution in [2.75, 3.05) is 18.6 Å². The van der Waals surface area contributed by atoms with Crippen molar-refractivity contribution in [3.05, 3.63) is 70.7 Å². The van der Waals surface area contributed by atoms with E-state index in [0.717, 1.165) is 11.1 Å². The number of hydrogen-bond acceptors (Lipinski definition) is 7. The Balaban J connectivity index is 2.07. The maximum Gasteiger partial charge on any atom is 0.243 e. The van der Waals surface area contributed by atoms with Crippen LogP contribution in [-0.2, 0) is 36.8 Å². The number of nitrogens with one attached hydrogen (secondary N) is 4. The van der Waals surface area contributed by atoms with Crippen molar-refractivity contribution >= 4 is 52.9 Å². The van der Waals surface area contributed by atoms with Gasteiger partial charge in [0.1, 0.15) is 18.1 Å². The van der Waals surface area contributed by atoms with Gasteiger partial charge in [0, 0.05) is 11.4 Å². The maximum absolute atomic E-state index is 13.2. The van der Waals surface area contributed by atoms with Gasteiger partial charge in [0.05, 0.1) is 12.6 Å². The summed E-state index contributed by atoms with van der Waals surface area (Å²) in [6, 6.07) is 12.3. The van der Waals surface area contributed by atoms with Crippen LogP contribution in [0.1, 0.15) is 37.8 Å². The number of carbonyl (C=O) groups is 5. The van der Waals surface area contributed by atoms with Gasteiger partial charge in [-0.1, -0.05) is 67.9 Å². The van der Waals surface area contributed by atoms with Gasteiger partial charge < -0.3 is 32.7 Å². The number of nitrogens with two attached hydrogens (primary N) is 2. The highest BCUT2D eigenvalue weighted by molar-refractivity contribution is 7.98. The van der Waals surface area contributed by atoms with Crippen LogP contribution in [0.4, 0.5) is 0 Å². The summed E-state index contributed by atoms with van der Waals surface area (Å²) in [6.45, 7) is 3.33. The van der Waals surface area contributed by atoms with Gasteiger partial charge >= 0.3 is 0 Å². The minimum absolute atomic E-state index is 0.0397. The monoisotopic (exact) mass is 646 g/mol. The van der Waals surface area contributed by atoms with Gasteiger partial charge in [0.2, 0.25) is 29.5 Å². The molecule has 0 unspecified atom stereocenters. The second-order valence-corrected chi connectivity index (χ2v) is 12.3. The molecule has 11 nitrogen and oxygen atoms in total. The van der Waals surface area contributed by atoms with Crippen LogP contribution in [0.25, 0.3) is 0 Å². The molecule has 0 bridgehead atoms. The lowest BCUT2D eigenvalue weighted by molar-refractivity contribution is -0.132. The lowest BCUT2D eigenvalue weighted by atomic mass is 10.0. The molecule has 0 aliphatic heterocycles. The van der Waals surface area contributed by atoms with E-state index < -0.39 is 60.2 Å². The number of halogens is 1. The maximum atomic E-state index is 13.2. The molecule has 0 aliphatic rings. The summed E-state index contributed by atoms with van der Waals surface area (Å²) in [4.78, 5) is 63.9. The summed E-state index contributed by atoms with van der Waals surface area (Å²) < 4.78 is 0. The molecule has 13 heteroatoms. The lowest BCUT2D eigenvalue weighted by Gasteiger charge is -2.24. The molecule has 2 rings (SSSR count). The lowest BCUT2D eigenvalue weighted by Crippen LogP contribution is -2.56.